The Morgan fingerprint density at radius 2 is 1.76 bits per heavy atom. The normalized spacial score (nSPS) is 17.3. The van der Waals surface area contributed by atoms with E-state index in [-0.39, 0.29) is 0 Å². The van der Waals surface area contributed by atoms with Gasteiger partial charge in [-0.1, -0.05) is 0 Å². The Balaban J connectivity index is 3.59. The van der Waals surface area contributed by atoms with E-state index < -0.39 is 46.6 Å². The summed E-state index contributed by atoms with van der Waals surface area (Å²) in [6, 6.07) is -2.48. The van der Waals surface area contributed by atoms with E-state index in [4.69, 9.17) is 0 Å². The molecule has 0 aromatic rings. The lowest BCUT2D eigenvalue weighted by Gasteiger charge is -2.24. The Bertz CT molecular complexity index is 668. The molecule has 25 heavy (non-hydrogen) atoms. The average Bonchev–Trinajstić information content (AvgIpc) is 2.69. The molecule has 0 spiro atoms. The molecule has 1 fully saturated rings. The molecular weight excluding hydrogens is 330 g/mol. The van der Waals surface area contributed by atoms with Crippen LogP contribution in [-0.2, 0) is 23.9 Å². The minimum absolute atomic E-state index is 0.398. The Kier molecular flexibility index (Phi) is 5.76. The Morgan fingerprint density at radius 3 is 2.12 bits per heavy atom. The summed E-state index contributed by atoms with van der Waals surface area (Å²) < 4.78 is 9.33. The topological polar surface area (TPSA) is 114 Å². The van der Waals surface area contributed by atoms with Gasteiger partial charge in [0.15, 0.2) is 6.04 Å². The maximum atomic E-state index is 12.5. The van der Waals surface area contributed by atoms with Crippen molar-refractivity contribution >= 4 is 29.7 Å². The molecule has 1 heterocycles. The molecule has 0 aromatic carbocycles. The van der Waals surface area contributed by atoms with E-state index in [1.807, 2.05) is 0 Å². The van der Waals surface area contributed by atoms with Crippen molar-refractivity contribution in [1.82, 2.24) is 10.2 Å². The number of hydrogen-bond acceptors (Lipinski definition) is 7. The van der Waals surface area contributed by atoms with Crippen LogP contribution in [0.4, 0.5) is 4.79 Å². The summed E-state index contributed by atoms with van der Waals surface area (Å²) in [5.74, 6) is -0.163. The van der Waals surface area contributed by atoms with Crippen LogP contribution < -0.4 is 5.32 Å². The van der Waals surface area contributed by atoms with E-state index in [1.165, 1.54) is 13.8 Å². The van der Waals surface area contributed by atoms with Gasteiger partial charge in [0.2, 0.25) is 0 Å². The minimum Gasteiger partial charge on any atom is -0.467 e. The van der Waals surface area contributed by atoms with Crippen molar-refractivity contribution in [1.29, 1.82) is 0 Å². The summed E-state index contributed by atoms with van der Waals surface area (Å²) in [5, 5.41) is 2.44. The maximum absolute atomic E-state index is 12.5. The Labute approximate surface area is 146 Å². The maximum Gasteiger partial charge on any atom is 0.346 e. The van der Waals surface area contributed by atoms with Crippen molar-refractivity contribution < 1.29 is 28.7 Å². The first-order valence-corrected chi connectivity index (χ1v) is 7.52. The summed E-state index contributed by atoms with van der Waals surface area (Å²) >= 11 is 0. The highest BCUT2D eigenvalue weighted by molar-refractivity contribution is 6.13. The lowest BCUT2D eigenvalue weighted by molar-refractivity contribution is -0.151. The first-order valence-electron chi connectivity index (χ1n) is 7.52. The lowest BCUT2D eigenvalue weighted by atomic mass is 10.0. The van der Waals surface area contributed by atoms with Gasteiger partial charge >= 0.3 is 18.0 Å². The molecule has 1 unspecified atom stereocenters. The molecule has 1 atom stereocenters. The number of esters is 2. The zero-order chi connectivity index (χ0) is 19.6. The highest BCUT2D eigenvalue weighted by atomic mass is 16.5. The van der Waals surface area contributed by atoms with Gasteiger partial charge in [0, 0.05) is 0 Å². The van der Waals surface area contributed by atoms with Crippen molar-refractivity contribution in [3.63, 3.8) is 0 Å². The second kappa shape index (κ2) is 7.06. The van der Waals surface area contributed by atoms with Gasteiger partial charge in [0.25, 0.3) is 5.91 Å². The van der Waals surface area contributed by atoms with Gasteiger partial charge in [0.05, 0.1) is 19.8 Å². The van der Waals surface area contributed by atoms with Crippen molar-refractivity contribution in [3.8, 4) is 0 Å². The highest BCUT2D eigenvalue weighted by Crippen LogP contribution is 2.23. The lowest BCUT2D eigenvalue weighted by Crippen LogP contribution is -2.50. The molecule has 0 saturated carbocycles. The average molecular weight is 353 g/mol. The number of rotatable bonds is 4. The Hall–Kier alpha value is -2.67. The molecule has 1 N–H and O–H groups in total. The number of hydrogen-bond donors (Lipinski definition) is 1. The number of aliphatic imine (C=N–C) groups is 1. The molecular formula is C16H23N3O6. The molecule has 1 saturated heterocycles. The number of urea groups is 1. The van der Waals surface area contributed by atoms with Crippen molar-refractivity contribution in [3.05, 3.63) is 5.57 Å². The summed E-state index contributed by atoms with van der Waals surface area (Å²) in [6.07, 6.45) is 0. The minimum atomic E-state index is -1.65. The molecule has 1 aliphatic rings. The van der Waals surface area contributed by atoms with Gasteiger partial charge in [-0.2, -0.15) is 0 Å². The predicted octanol–water partition coefficient (Wildman–Crippen LogP) is 0.426. The van der Waals surface area contributed by atoms with E-state index in [1.54, 1.807) is 20.8 Å². The quantitative estimate of drug-likeness (QED) is 0.339. The third-order valence-corrected chi connectivity index (χ3v) is 3.26. The van der Waals surface area contributed by atoms with Crippen LogP contribution in [0.5, 0.6) is 0 Å². The molecule has 9 nitrogen and oxygen atoms in total. The molecule has 9 heteroatoms. The van der Waals surface area contributed by atoms with Crippen molar-refractivity contribution in [2.45, 2.75) is 51.7 Å². The number of amides is 3. The number of ether oxygens (including phenoxy) is 2. The van der Waals surface area contributed by atoms with Crippen molar-refractivity contribution in [2.75, 3.05) is 14.2 Å². The van der Waals surface area contributed by atoms with E-state index in [0.717, 1.165) is 14.2 Å². The van der Waals surface area contributed by atoms with Crippen LogP contribution in [0.1, 0.15) is 34.6 Å². The fourth-order valence-corrected chi connectivity index (χ4v) is 2.03. The second-order valence-corrected chi connectivity index (χ2v) is 6.96. The second-order valence-electron chi connectivity index (χ2n) is 6.96. The van der Waals surface area contributed by atoms with Gasteiger partial charge < -0.3 is 14.8 Å². The molecule has 0 aromatic heterocycles. The fourth-order valence-electron chi connectivity index (χ4n) is 2.03. The molecule has 0 radical (unpaired) electrons. The van der Waals surface area contributed by atoms with Crippen LogP contribution in [0.3, 0.4) is 0 Å². The van der Waals surface area contributed by atoms with Crippen LogP contribution in [0.15, 0.2) is 10.6 Å². The van der Waals surface area contributed by atoms with Gasteiger partial charge in [-0.05, 0) is 40.5 Å². The van der Waals surface area contributed by atoms with Crippen LogP contribution >= 0.6 is 0 Å². The summed E-state index contributed by atoms with van der Waals surface area (Å²) in [7, 11) is 2.18. The monoisotopic (exact) mass is 353 g/mol. The first kappa shape index (κ1) is 20.4. The SMILES string of the molecule is COC(=O)C(=C=NC(C)(C)C)C(C(=O)OC)N1C(=O)NC(C)(C)C1=O. The molecule has 1 aliphatic heterocycles. The summed E-state index contributed by atoms with van der Waals surface area (Å²) in [6.45, 7) is 8.20. The van der Waals surface area contributed by atoms with Crippen LogP contribution in [0.2, 0.25) is 0 Å². The van der Waals surface area contributed by atoms with Crippen LogP contribution in [-0.4, -0.2) is 66.0 Å². The van der Waals surface area contributed by atoms with Crippen LogP contribution in [0.25, 0.3) is 0 Å². The first-order chi connectivity index (χ1) is 11.4. The smallest absolute Gasteiger partial charge is 0.346 e. The zero-order valence-corrected chi connectivity index (χ0v) is 15.4. The van der Waals surface area contributed by atoms with Gasteiger partial charge in [-0.3, -0.25) is 4.79 Å². The molecule has 0 bridgehead atoms. The van der Waals surface area contributed by atoms with Gasteiger partial charge in [-0.15, -0.1) is 0 Å². The zero-order valence-electron chi connectivity index (χ0n) is 15.4. The van der Waals surface area contributed by atoms with E-state index in [9.17, 15) is 19.2 Å². The number of imide groups is 1. The largest absolute Gasteiger partial charge is 0.467 e. The van der Waals surface area contributed by atoms with E-state index in [0.29, 0.717) is 4.90 Å². The van der Waals surface area contributed by atoms with Gasteiger partial charge in [-0.25, -0.2) is 24.3 Å². The number of carbonyl (C=O) groups is 4. The number of methoxy groups -OCH3 is 2. The fraction of sp³-hybridized carbons (Fsp3) is 0.625. The highest BCUT2D eigenvalue weighted by Gasteiger charge is 2.52. The third kappa shape index (κ3) is 4.45. The van der Waals surface area contributed by atoms with Gasteiger partial charge in [0.1, 0.15) is 11.1 Å². The molecule has 138 valence electrons. The Morgan fingerprint density at radius 1 is 1.20 bits per heavy atom. The molecule has 3 amide bonds. The molecule has 1 rings (SSSR count). The van der Waals surface area contributed by atoms with E-state index in [2.05, 4.69) is 25.7 Å². The number of nitrogens with zero attached hydrogens (tertiary/aromatic N) is 2. The van der Waals surface area contributed by atoms with Crippen molar-refractivity contribution in [2.24, 2.45) is 4.99 Å². The third-order valence-electron chi connectivity index (χ3n) is 3.26. The van der Waals surface area contributed by atoms with E-state index >= 15 is 0 Å². The standard InChI is InChI=1S/C16H23N3O6/c1-15(2,3)17-8-9(11(20)24-6)10(12(21)25-7)19-13(22)16(4,5)18-14(19)23/h10H,1-7H3,(H,18,23). The number of carbonyl (C=O) groups excluding carboxylic acids is 4. The summed E-state index contributed by atoms with van der Waals surface area (Å²) in [5.41, 5.74) is -2.24. The number of nitrogens with one attached hydrogen (secondary N) is 1. The predicted molar refractivity (Wildman–Crippen MR) is 88.0 cm³/mol. The summed E-state index contributed by atoms with van der Waals surface area (Å²) in [4.78, 5) is 53.9. The van der Waals surface area contributed by atoms with Crippen LogP contribution in [0, 0.1) is 0 Å². The molecule has 0 aliphatic carbocycles.